The number of nitrogens with one attached hydrogen (secondary N) is 1. The molecule has 2 aliphatic heterocycles. The SMILES string of the molecule is COc1ccccc1-c1c[nH]c2ncc(C34O[C@H]5[C@@H](O)C=C[C@H]6[C@H]7CC(=C3[C@]65CCN7C)CC=C4O)cc12. The Morgan fingerprint density at radius 1 is 1.21 bits per heavy atom. The van der Waals surface area contributed by atoms with Gasteiger partial charge in [-0.2, -0.15) is 0 Å². The maximum Gasteiger partial charge on any atom is 0.173 e. The van der Waals surface area contributed by atoms with Crippen molar-refractivity contribution in [2.45, 2.75) is 43.1 Å². The predicted octanol–water partition coefficient (Wildman–Crippen LogP) is 4.62. The number of piperidine rings is 1. The normalized spacial score (nSPS) is 35.4. The number of H-pyrrole nitrogens is 1. The van der Waals surface area contributed by atoms with Crippen LogP contribution in [0, 0.1) is 11.3 Å². The van der Waals surface area contributed by atoms with E-state index in [1.54, 1.807) is 7.11 Å². The Hall–Kier alpha value is -3.39. The standard InChI is InChI=1S/C31H31N3O4/c1-34-12-11-30-22-8-9-24(35)28(30)38-31(26(36)10-7-17(27(30)31)13-23(22)34)18-14-20-21(16-33-29(20)32-15-18)19-5-3-4-6-25(19)37-2/h3-6,8-10,14-16,22-24,28,35-36H,7,11-13H2,1-2H3,(H,32,33)/t22-,23+,24-,28-,30-,31?/m0/s1. The van der Waals surface area contributed by atoms with Crippen molar-refractivity contribution in [2.75, 3.05) is 20.7 Å². The molecule has 0 saturated carbocycles. The second-order valence-corrected chi connectivity index (χ2v) is 11.5. The zero-order valence-corrected chi connectivity index (χ0v) is 21.5. The first-order chi connectivity index (χ1) is 18.5. The number of pyridine rings is 1. The fourth-order valence-electron chi connectivity index (χ4n) is 8.37. The molecule has 1 aromatic carbocycles. The van der Waals surface area contributed by atoms with Crippen molar-refractivity contribution in [1.29, 1.82) is 0 Å². The third kappa shape index (κ3) is 2.57. The summed E-state index contributed by atoms with van der Waals surface area (Å²) in [6.45, 7) is 0.936. The smallest absolute Gasteiger partial charge is 0.173 e. The third-order valence-electron chi connectivity index (χ3n) is 9.95. The average Bonchev–Trinajstić information content (AvgIpc) is 3.51. The second-order valence-electron chi connectivity index (χ2n) is 11.5. The van der Waals surface area contributed by atoms with Gasteiger partial charge in [0.2, 0.25) is 0 Å². The van der Waals surface area contributed by atoms with E-state index < -0.39 is 17.8 Å². The highest BCUT2D eigenvalue weighted by atomic mass is 16.5. The van der Waals surface area contributed by atoms with Crippen LogP contribution in [0.3, 0.4) is 0 Å². The number of likely N-dealkylation sites (tertiary alicyclic amines) is 1. The average molecular weight is 510 g/mol. The van der Waals surface area contributed by atoms with Gasteiger partial charge in [0.05, 0.1) is 19.3 Å². The van der Waals surface area contributed by atoms with Gasteiger partial charge in [0.15, 0.2) is 5.60 Å². The molecule has 7 nitrogen and oxygen atoms in total. The van der Waals surface area contributed by atoms with Gasteiger partial charge in [-0.3, -0.25) is 0 Å². The van der Waals surface area contributed by atoms with Crippen LogP contribution in [0.25, 0.3) is 22.2 Å². The summed E-state index contributed by atoms with van der Waals surface area (Å²) in [4.78, 5) is 10.6. The molecule has 1 spiro atoms. The number of aliphatic hydroxyl groups is 2. The lowest BCUT2D eigenvalue weighted by Gasteiger charge is -2.58. The predicted molar refractivity (Wildman–Crippen MR) is 144 cm³/mol. The van der Waals surface area contributed by atoms with E-state index in [1.807, 2.05) is 48.8 Å². The highest BCUT2D eigenvalue weighted by Crippen LogP contribution is 2.70. The molecule has 2 aromatic heterocycles. The number of hydrogen-bond donors (Lipinski definition) is 3. The summed E-state index contributed by atoms with van der Waals surface area (Å²) in [5, 5.41) is 23.9. The van der Waals surface area contributed by atoms with Crippen LogP contribution in [0.1, 0.15) is 24.8 Å². The number of rotatable bonds is 3. The molecule has 1 unspecified atom stereocenters. The number of benzene rings is 1. The summed E-state index contributed by atoms with van der Waals surface area (Å²) in [5.74, 6) is 1.22. The zero-order valence-electron chi connectivity index (χ0n) is 21.5. The van der Waals surface area contributed by atoms with Gasteiger partial charge in [-0.1, -0.05) is 35.9 Å². The van der Waals surface area contributed by atoms with E-state index in [0.717, 1.165) is 52.9 Å². The van der Waals surface area contributed by atoms with Crippen LogP contribution in [0.15, 0.2) is 77.9 Å². The highest BCUT2D eigenvalue weighted by molar-refractivity contribution is 5.95. The number of nitrogens with zero attached hydrogens (tertiary/aromatic N) is 2. The molecule has 3 aromatic rings. The number of aromatic nitrogens is 2. The molecule has 3 N–H and O–H groups in total. The number of ether oxygens (including phenoxy) is 2. The molecule has 2 saturated heterocycles. The van der Waals surface area contributed by atoms with Gasteiger partial charge in [-0.15, -0.1) is 0 Å². The van der Waals surface area contributed by atoms with Gasteiger partial charge in [0.25, 0.3) is 0 Å². The van der Waals surface area contributed by atoms with Gasteiger partial charge < -0.3 is 29.6 Å². The van der Waals surface area contributed by atoms with E-state index in [9.17, 15) is 10.2 Å². The van der Waals surface area contributed by atoms with Crippen molar-refractivity contribution in [1.82, 2.24) is 14.9 Å². The van der Waals surface area contributed by atoms with Crippen LogP contribution in [0.5, 0.6) is 5.75 Å². The summed E-state index contributed by atoms with van der Waals surface area (Å²) in [7, 11) is 3.88. The Morgan fingerprint density at radius 3 is 2.95 bits per heavy atom. The summed E-state index contributed by atoms with van der Waals surface area (Å²) < 4.78 is 12.7. The van der Waals surface area contributed by atoms with Gasteiger partial charge >= 0.3 is 0 Å². The van der Waals surface area contributed by atoms with E-state index in [2.05, 4.69) is 29.1 Å². The fraction of sp³-hybridized carbons (Fsp3) is 0.387. The molecule has 6 atom stereocenters. The van der Waals surface area contributed by atoms with E-state index in [4.69, 9.17) is 14.5 Å². The molecular weight excluding hydrogens is 478 g/mol. The lowest BCUT2D eigenvalue weighted by Crippen LogP contribution is -2.61. The lowest BCUT2D eigenvalue weighted by molar-refractivity contribution is -0.121. The number of allylic oxidation sites excluding steroid dienone is 1. The molecule has 5 aliphatic rings. The van der Waals surface area contributed by atoms with E-state index in [0.29, 0.717) is 12.5 Å². The van der Waals surface area contributed by atoms with Gasteiger partial charge in [-0.05, 0) is 56.6 Å². The molecule has 2 fully saturated rings. The van der Waals surface area contributed by atoms with E-state index in [-0.39, 0.29) is 17.1 Å². The molecule has 7 heteroatoms. The Morgan fingerprint density at radius 2 is 2.08 bits per heavy atom. The monoisotopic (exact) mass is 509 g/mol. The van der Waals surface area contributed by atoms with Crippen LogP contribution in [0.4, 0.5) is 0 Å². The fourth-order valence-corrected chi connectivity index (χ4v) is 8.37. The zero-order chi connectivity index (χ0) is 25.8. The number of para-hydroxylation sites is 1. The van der Waals surface area contributed by atoms with Gasteiger partial charge in [0, 0.05) is 51.8 Å². The molecule has 3 aliphatic carbocycles. The van der Waals surface area contributed by atoms with E-state index >= 15 is 0 Å². The Labute approximate surface area is 221 Å². The largest absolute Gasteiger partial charge is 0.509 e. The number of hydrogen-bond acceptors (Lipinski definition) is 6. The first-order valence-electron chi connectivity index (χ1n) is 13.5. The molecule has 38 heavy (non-hydrogen) atoms. The molecule has 0 amide bonds. The maximum absolute atomic E-state index is 11.7. The van der Waals surface area contributed by atoms with Crippen molar-refractivity contribution < 1.29 is 19.7 Å². The van der Waals surface area contributed by atoms with Crippen molar-refractivity contribution in [3.63, 3.8) is 0 Å². The van der Waals surface area contributed by atoms with Crippen LogP contribution < -0.4 is 4.74 Å². The first-order valence-corrected chi connectivity index (χ1v) is 13.5. The Bertz CT molecular complexity index is 1590. The van der Waals surface area contributed by atoms with Crippen molar-refractivity contribution in [3.8, 4) is 16.9 Å². The van der Waals surface area contributed by atoms with Crippen LogP contribution in [0.2, 0.25) is 0 Å². The highest BCUT2D eigenvalue weighted by Gasteiger charge is 2.71. The number of aliphatic hydroxyl groups excluding tert-OH is 2. The summed E-state index contributed by atoms with van der Waals surface area (Å²) >= 11 is 0. The van der Waals surface area contributed by atoms with Crippen LogP contribution in [-0.2, 0) is 10.3 Å². The maximum atomic E-state index is 11.7. The minimum absolute atomic E-state index is 0.207. The minimum atomic E-state index is -1.15. The Kier molecular flexibility index (Phi) is 4.51. The Balaban J connectivity index is 1.38. The van der Waals surface area contributed by atoms with E-state index in [1.165, 1.54) is 11.1 Å². The van der Waals surface area contributed by atoms with Gasteiger partial charge in [0.1, 0.15) is 17.2 Å². The van der Waals surface area contributed by atoms with Crippen LogP contribution in [-0.4, -0.2) is 64.0 Å². The summed E-state index contributed by atoms with van der Waals surface area (Å²) in [6.07, 6.45) is 11.2. The molecule has 0 radical (unpaired) electrons. The molecule has 2 bridgehead atoms. The quantitative estimate of drug-likeness (QED) is 0.447. The van der Waals surface area contributed by atoms with Crippen molar-refractivity contribution in [3.05, 3.63) is 83.4 Å². The summed E-state index contributed by atoms with van der Waals surface area (Å²) in [6, 6.07) is 10.4. The van der Waals surface area contributed by atoms with Gasteiger partial charge in [-0.25, -0.2) is 4.98 Å². The molecule has 4 heterocycles. The minimum Gasteiger partial charge on any atom is -0.509 e. The summed E-state index contributed by atoms with van der Waals surface area (Å²) in [5.41, 5.74) is 4.51. The number of aromatic amines is 1. The van der Waals surface area contributed by atoms with Crippen molar-refractivity contribution >= 4 is 11.0 Å². The number of methoxy groups -OCH3 is 1. The first kappa shape index (κ1) is 22.6. The van der Waals surface area contributed by atoms with Crippen molar-refractivity contribution in [2.24, 2.45) is 11.3 Å². The van der Waals surface area contributed by atoms with Crippen LogP contribution >= 0.6 is 0 Å². The molecule has 8 rings (SSSR count). The third-order valence-corrected chi connectivity index (χ3v) is 9.95. The molecular formula is C31H31N3O4. The molecule has 194 valence electrons. The second kappa shape index (κ2) is 7.59. The number of fused-ring (bicyclic) bond motifs is 1. The topological polar surface area (TPSA) is 90.8 Å². The lowest BCUT2D eigenvalue weighted by atomic mass is 9.50.